The van der Waals surface area contributed by atoms with Gasteiger partial charge in [0.15, 0.2) is 0 Å². The van der Waals surface area contributed by atoms with Crippen LogP contribution in [0.2, 0.25) is 0 Å². The Labute approximate surface area is 176 Å². The molecule has 1 aliphatic rings. The van der Waals surface area contributed by atoms with Gasteiger partial charge in [0.25, 0.3) is 5.91 Å². The summed E-state index contributed by atoms with van der Waals surface area (Å²) in [5.41, 5.74) is 3.70. The number of carbonyl (C=O) groups excluding carboxylic acids is 1. The topological polar surface area (TPSA) is 35.6 Å². The van der Waals surface area contributed by atoms with Gasteiger partial charge in [-0.05, 0) is 42.3 Å². The van der Waals surface area contributed by atoms with E-state index in [9.17, 15) is 9.18 Å². The number of nitrogens with zero attached hydrogens (tertiary/aromatic N) is 2. The van der Waals surface area contributed by atoms with Crippen molar-refractivity contribution in [3.05, 3.63) is 89.7 Å². The van der Waals surface area contributed by atoms with Gasteiger partial charge in [-0.15, -0.1) is 0 Å². The van der Waals surface area contributed by atoms with Crippen molar-refractivity contribution in [1.82, 2.24) is 0 Å². The summed E-state index contributed by atoms with van der Waals surface area (Å²) >= 11 is 0. The van der Waals surface area contributed by atoms with Crippen molar-refractivity contribution in [2.24, 2.45) is 0 Å². The number of hydrogen-bond acceptors (Lipinski definition) is 3. The number of benzene rings is 3. The number of anilines is 3. The zero-order valence-electron chi connectivity index (χ0n) is 17.1. The Morgan fingerprint density at radius 1 is 1.00 bits per heavy atom. The smallest absolute Gasteiger partial charge is 0.255 e. The van der Waals surface area contributed by atoms with Crippen molar-refractivity contribution in [1.29, 1.82) is 0 Å². The van der Waals surface area contributed by atoms with Gasteiger partial charge >= 0.3 is 0 Å². The molecule has 0 aromatic heterocycles. The first kappa shape index (κ1) is 20.0. The molecule has 0 unspecified atom stereocenters. The lowest BCUT2D eigenvalue weighted by Gasteiger charge is -2.37. The van der Waals surface area contributed by atoms with E-state index >= 15 is 0 Å². The van der Waals surface area contributed by atoms with Crippen LogP contribution in [0.1, 0.15) is 22.8 Å². The fourth-order valence-electron chi connectivity index (χ4n) is 3.86. The Bertz CT molecular complexity index is 1010. The van der Waals surface area contributed by atoms with Crippen LogP contribution in [0.5, 0.6) is 0 Å². The summed E-state index contributed by atoms with van der Waals surface area (Å²) in [7, 11) is 0. The number of aryl methyl sites for hydroxylation is 1. The van der Waals surface area contributed by atoms with Crippen LogP contribution in [0.4, 0.5) is 21.5 Å². The van der Waals surface area contributed by atoms with E-state index in [2.05, 4.69) is 16.3 Å². The molecule has 1 heterocycles. The van der Waals surface area contributed by atoms with E-state index in [1.54, 1.807) is 18.2 Å². The van der Waals surface area contributed by atoms with E-state index in [1.807, 2.05) is 54.3 Å². The monoisotopic (exact) mass is 402 g/mol. The summed E-state index contributed by atoms with van der Waals surface area (Å²) in [4.78, 5) is 16.9. The van der Waals surface area contributed by atoms with E-state index in [1.165, 1.54) is 6.07 Å². The molecule has 1 radical (unpaired) electrons. The van der Waals surface area contributed by atoms with Crippen LogP contribution < -0.4 is 15.1 Å². The Morgan fingerprint density at radius 2 is 1.73 bits per heavy atom. The van der Waals surface area contributed by atoms with Crippen LogP contribution in [0.25, 0.3) is 0 Å². The first-order valence-corrected chi connectivity index (χ1v) is 10.3. The standard InChI is InChI=1S/C25H25FN3O/c1-2-19-8-6-7-11-22(19)25(30)27-20-12-13-24(23(26)18-20)29-16-14-28(15-17-29)21-9-4-3-5-10-21/h3-9,11-13,18H,2,14-17H2,1H3,(H,27,30). The molecule has 5 heteroatoms. The SMILES string of the molecule is CCc1ccccc1C(=O)Nc1ccc(N2CCN(c3[c]cccc3)CC2)c(F)c1. The lowest BCUT2D eigenvalue weighted by atomic mass is 10.0. The number of hydrogen-bond donors (Lipinski definition) is 1. The molecule has 4 nitrogen and oxygen atoms in total. The molecule has 1 saturated heterocycles. The van der Waals surface area contributed by atoms with Crippen molar-refractivity contribution in [2.45, 2.75) is 13.3 Å². The van der Waals surface area contributed by atoms with Crippen molar-refractivity contribution < 1.29 is 9.18 Å². The quantitative estimate of drug-likeness (QED) is 0.668. The Kier molecular flexibility index (Phi) is 5.98. The summed E-state index contributed by atoms with van der Waals surface area (Å²) in [6.07, 6.45) is 0.767. The zero-order chi connectivity index (χ0) is 20.9. The second-order valence-electron chi connectivity index (χ2n) is 7.35. The Balaban J connectivity index is 1.42. The molecule has 1 amide bonds. The molecule has 1 aliphatic heterocycles. The number of para-hydroxylation sites is 1. The summed E-state index contributed by atoms with van der Waals surface area (Å²) in [5.74, 6) is -0.538. The van der Waals surface area contributed by atoms with Crippen molar-refractivity contribution >= 4 is 23.0 Å². The van der Waals surface area contributed by atoms with E-state index in [0.717, 1.165) is 43.9 Å². The minimum absolute atomic E-state index is 0.215. The van der Waals surface area contributed by atoms with E-state index in [-0.39, 0.29) is 11.7 Å². The lowest BCUT2D eigenvalue weighted by Crippen LogP contribution is -2.46. The van der Waals surface area contributed by atoms with Gasteiger partial charge in [0.05, 0.1) is 5.69 Å². The van der Waals surface area contributed by atoms with Crippen LogP contribution in [0.3, 0.4) is 0 Å². The molecule has 0 aliphatic carbocycles. The Hall–Kier alpha value is -3.34. The fraction of sp³-hybridized carbons (Fsp3) is 0.240. The predicted octanol–water partition coefficient (Wildman–Crippen LogP) is 4.77. The largest absolute Gasteiger partial charge is 0.367 e. The van der Waals surface area contributed by atoms with Gasteiger partial charge in [-0.2, -0.15) is 0 Å². The molecule has 0 bridgehead atoms. The second kappa shape index (κ2) is 8.99. The molecule has 153 valence electrons. The number of halogens is 1. The minimum Gasteiger partial charge on any atom is -0.367 e. The summed E-state index contributed by atoms with van der Waals surface area (Å²) in [6, 6.07) is 23.6. The summed E-state index contributed by atoms with van der Waals surface area (Å²) in [5, 5.41) is 2.82. The highest BCUT2D eigenvalue weighted by Crippen LogP contribution is 2.26. The number of nitrogens with one attached hydrogen (secondary N) is 1. The van der Waals surface area contributed by atoms with Crippen molar-refractivity contribution in [2.75, 3.05) is 41.3 Å². The minimum atomic E-state index is -0.323. The molecule has 0 saturated carbocycles. The van der Waals surface area contributed by atoms with Gasteiger partial charge in [0, 0.05) is 49.2 Å². The van der Waals surface area contributed by atoms with Crippen LogP contribution in [-0.4, -0.2) is 32.1 Å². The molecule has 0 atom stereocenters. The Morgan fingerprint density at radius 3 is 2.43 bits per heavy atom. The number of amides is 1. The van der Waals surface area contributed by atoms with Gasteiger partial charge in [-0.3, -0.25) is 4.79 Å². The average Bonchev–Trinajstić information content (AvgIpc) is 2.80. The third-order valence-corrected chi connectivity index (χ3v) is 5.50. The molecule has 1 N–H and O–H groups in total. The molecular weight excluding hydrogens is 377 g/mol. The van der Waals surface area contributed by atoms with Crippen LogP contribution in [-0.2, 0) is 6.42 Å². The van der Waals surface area contributed by atoms with Gasteiger partial charge in [-0.1, -0.05) is 43.3 Å². The van der Waals surface area contributed by atoms with Gasteiger partial charge in [0.2, 0.25) is 0 Å². The van der Waals surface area contributed by atoms with Gasteiger partial charge in [0.1, 0.15) is 5.82 Å². The third-order valence-electron chi connectivity index (χ3n) is 5.50. The molecule has 1 fully saturated rings. The molecule has 30 heavy (non-hydrogen) atoms. The highest BCUT2D eigenvalue weighted by molar-refractivity contribution is 6.05. The van der Waals surface area contributed by atoms with Gasteiger partial charge in [-0.25, -0.2) is 4.39 Å². The van der Waals surface area contributed by atoms with E-state index in [4.69, 9.17) is 0 Å². The molecule has 3 aromatic rings. The first-order chi connectivity index (χ1) is 14.7. The number of carbonyl (C=O) groups is 1. The summed E-state index contributed by atoms with van der Waals surface area (Å²) in [6.45, 7) is 5.10. The summed E-state index contributed by atoms with van der Waals surface area (Å²) < 4.78 is 14.8. The van der Waals surface area contributed by atoms with Crippen LogP contribution >= 0.6 is 0 Å². The molecule has 3 aromatic carbocycles. The second-order valence-corrected chi connectivity index (χ2v) is 7.35. The third kappa shape index (κ3) is 4.30. The van der Waals surface area contributed by atoms with Crippen molar-refractivity contribution in [3.8, 4) is 0 Å². The highest BCUT2D eigenvalue weighted by atomic mass is 19.1. The van der Waals surface area contributed by atoms with E-state index < -0.39 is 0 Å². The first-order valence-electron chi connectivity index (χ1n) is 10.3. The highest BCUT2D eigenvalue weighted by Gasteiger charge is 2.20. The maximum Gasteiger partial charge on any atom is 0.255 e. The number of rotatable bonds is 5. The van der Waals surface area contributed by atoms with Crippen molar-refractivity contribution in [3.63, 3.8) is 0 Å². The molecule has 0 spiro atoms. The maximum atomic E-state index is 14.8. The molecule has 4 rings (SSSR count). The maximum absolute atomic E-state index is 14.8. The average molecular weight is 402 g/mol. The van der Waals surface area contributed by atoms with Crippen LogP contribution in [0.15, 0.2) is 66.7 Å². The van der Waals surface area contributed by atoms with Crippen LogP contribution in [0, 0.1) is 11.9 Å². The zero-order valence-corrected chi connectivity index (χ0v) is 17.1. The lowest BCUT2D eigenvalue weighted by molar-refractivity contribution is 0.102. The predicted molar refractivity (Wildman–Crippen MR) is 120 cm³/mol. The normalized spacial score (nSPS) is 13.9. The number of piperazine rings is 1. The molecular formula is C25H25FN3O. The van der Waals surface area contributed by atoms with E-state index in [0.29, 0.717) is 16.9 Å². The van der Waals surface area contributed by atoms with Gasteiger partial charge < -0.3 is 15.1 Å². The fourth-order valence-corrected chi connectivity index (χ4v) is 3.86.